The van der Waals surface area contributed by atoms with Gasteiger partial charge >= 0.3 is 0 Å². The first kappa shape index (κ1) is 30.4. The standard InChI is InChI=1S/C45H28N4Si/c1-47-34-25-27-43-41(30-34)40-28-32(31-46)24-26-42(40)49(43)35-15-12-14-33(29-35)39-22-13-23-44(45(39)48-2)50(36-16-6-3-7-17-36,37-18-8-4-9-19-37)38-20-10-5-11-21-38/h3-30H. The van der Waals surface area contributed by atoms with Crippen molar-refractivity contribution in [3.8, 4) is 22.9 Å². The van der Waals surface area contributed by atoms with Crippen molar-refractivity contribution < 1.29 is 0 Å². The molecule has 0 aliphatic heterocycles. The highest BCUT2D eigenvalue weighted by Gasteiger charge is 2.43. The molecule has 0 radical (unpaired) electrons. The highest BCUT2D eigenvalue weighted by Crippen LogP contribution is 2.37. The molecular formula is C45H28N4Si. The number of fused-ring (bicyclic) bond motifs is 3. The molecule has 0 aliphatic carbocycles. The summed E-state index contributed by atoms with van der Waals surface area (Å²) in [6.07, 6.45) is 0. The van der Waals surface area contributed by atoms with Gasteiger partial charge in [-0.2, -0.15) is 5.26 Å². The molecule has 1 aromatic heterocycles. The quantitative estimate of drug-likeness (QED) is 0.101. The summed E-state index contributed by atoms with van der Waals surface area (Å²) in [5, 5.41) is 16.2. The van der Waals surface area contributed by atoms with Crippen molar-refractivity contribution in [2.45, 2.75) is 0 Å². The Hall–Kier alpha value is -6.97. The predicted octanol–water partition coefficient (Wildman–Crippen LogP) is 8.80. The van der Waals surface area contributed by atoms with Crippen LogP contribution in [0.2, 0.25) is 0 Å². The average Bonchev–Trinajstić information content (AvgIpc) is 3.52. The fraction of sp³-hybridized carbons (Fsp3) is 0. The maximum absolute atomic E-state index is 9.68. The van der Waals surface area contributed by atoms with Crippen LogP contribution in [0.25, 0.3) is 48.3 Å². The first-order chi connectivity index (χ1) is 24.7. The van der Waals surface area contributed by atoms with Crippen LogP contribution in [-0.2, 0) is 0 Å². The summed E-state index contributed by atoms with van der Waals surface area (Å²) in [5.41, 5.74) is 6.41. The third-order valence-corrected chi connectivity index (χ3v) is 14.4. The van der Waals surface area contributed by atoms with Gasteiger partial charge in [-0.1, -0.05) is 127 Å². The second-order valence-electron chi connectivity index (χ2n) is 12.2. The van der Waals surface area contributed by atoms with Crippen LogP contribution in [0.1, 0.15) is 5.56 Å². The molecule has 0 spiro atoms. The van der Waals surface area contributed by atoms with E-state index in [0.29, 0.717) is 16.9 Å². The zero-order valence-electron chi connectivity index (χ0n) is 27.0. The number of nitrogens with zero attached hydrogens (tertiary/aromatic N) is 4. The summed E-state index contributed by atoms with van der Waals surface area (Å²) in [5.74, 6) is 0. The number of hydrogen-bond donors (Lipinski definition) is 0. The smallest absolute Gasteiger partial charge is 0.195 e. The van der Waals surface area contributed by atoms with Crippen LogP contribution in [0.4, 0.5) is 11.4 Å². The molecule has 0 unspecified atom stereocenters. The average molecular weight is 653 g/mol. The zero-order chi connectivity index (χ0) is 34.1. The molecular weight excluding hydrogens is 625 g/mol. The molecule has 232 valence electrons. The van der Waals surface area contributed by atoms with E-state index in [9.17, 15) is 5.26 Å². The van der Waals surface area contributed by atoms with Gasteiger partial charge in [0.2, 0.25) is 0 Å². The van der Waals surface area contributed by atoms with E-state index >= 15 is 0 Å². The fourth-order valence-corrected chi connectivity index (χ4v) is 12.4. The van der Waals surface area contributed by atoms with Crippen molar-refractivity contribution in [3.05, 3.63) is 198 Å². The maximum Gasteiger partial charge on any atom is 0.195 e. The van der Waals surface area contributed by atoms with Crippen LogP contribution in [-0.4, -0.2) is 12.6 Å². The van der Waals surface area contributed by atoms with Gasteiger partial charge in [-0.05, 0) is 79.7 Å². The second-order valence-corrected chi connectivity index (χ2v) is 16.0. The zero-order valence-corrected chi connectivity index (χ0v) is 28.0. The Labute approximate surface area is 292 Å². The molecule has 0 amide bonds. The molecule has 5 heteroatoms. The molecule has 0 saturated heterocycles. The maximum atomic E-state index is 9.68. The molecule has 0 bridgehead atoms. The van der Waals surface area contributed by atoms with Crippen LogP contribution in [0, 0.1) is 24.5 Å². The third kappa shape index (κ3) is 4.80. The summed E-state index contributed by atoms with van der Waals surface area (Å²) in [7, 11) is -2.96. The van der Waals surface area contributed by atoms with Crippen LogP contribution < -0.4 is 20.7 Å². The van der Waals surface area contributed by atoms with Crippen molar-refractivity contribution in [2.24, 2.45) is 0 Å². The van der Waals surface area contributed by atoms with Gasteiger partial charge in [0.25, 0.3) is 0 Å². The van der Waals surface area contributed by atoms with E-state index in [-0.39, 0.29) is 0 Å². The molecule has 0 N–H and O–H groups in total. The van der Waals surface area contributed by atoms with Gasteiger partial charge in [-0.15, -0.1) is 0 Å². The van der Waals surface area contributed by atoms with E-state index in [4.69, 9.17) is 13.1 Å². The van der Waals surface area contributed by atoms with Crippen molar-refractivity contribution in [3.63, 3.8) is 0 Å². The monoisotopic (exact) mass is 652 g/mol. The lowest BCUT2D eigenvalue weighted by molar-refractivity contribution is 1.18. The summed E-state index contributed by atoms with van der Waals surface area (Å²) < 4.78 is 2.18. The molecule has 1 heterocycles. The Kier molecular flexibility index (Phi) is 7.63. The normalized spacial score (nSPS) is 11.1. The number of hydrogen-bond acceptors (Lipinski definition) is 1. The van der Waals surface area contributed by atoms with E-state index in [1.54, 1.807) is 0 Å². The molecule has 0 aliphatic rings. The van der Waals surface area contributed by atoms with Crippen LogP contribution >= 0.6 is 0 Å². The van der Waals surface area contributed by atoms with Gasteiger partial charge in [0.15, 0.2) is 19.4 Å². The van der Waals surface area contributed by atoms with Gasteiger partial charge in [0.1, 0.15) is 0 Å². The highest BCUT2D eigenvalue weighted by molar-refractivity contribution is 7.20. The Morgan fingerprint density at radius 1 is 0.540 bits per heavy atom. The number of nitriles is 1. The second kappa shape index (κ2) is 12.6. The molecule has 0 atom stereocenters. The summed E-state index contributed by atoms with van der Waals surface area (Å²) in [6, 6.07) is 60.3. The Balaban J connectivity index is 1.40. The lowest BCUT2D eigenvalue weighted by Crippen LogP contribution is -2.74. The van der Waals surface area contributed by atoms with E-state index in [1.807, 2.05) is 42.5 Å². The van der Waals surface area contributed by atoms with Crippen LogP contribution in [0.5, 0.6) is 0 Å². The molecule has 8 rings (SSSR count). The molecule has 4 nitrogen and oxygen atoms in total. The molecule has 50 heavy (non-hydrogen) atoms. The summed E-state index contributed by atoms with van der Waals surface area (Å²) >= 11 is 0. The number of benzene rings is 7. The first-order valence-corrected chi connectivity index (χ1v) is 18.3. The third-order valence-electron chi connectivity index (χ3n) is 9.59. The molecule has 8 aromatic rings. The minimum absolute atomic E-state index is 0.550. The molecule has 0 fully saturated rings. The number of aromatic nitrogens is 1. The van der Waals surface area contributed by atoms with Gasteiger partial charge in [-0.25, -0.2) is 9.69 Å². The predicted molar refractivity (Wildman–Crippen MR) is 207 cm³/mol. The number of para-hydroxylation sites is 1. The van der Waals surface area contributed by atoms with Gasteiger partial charge in [0.05, 0.1) is 35.8 Å². The van der Waals surface area contributed by atoms with Crippen molar-refractivity contribution in [2.75, 3.05) is 0 Å². The lowest BCUT2D eigenvalue weighted by Gasteiger charge is -2.35. The van der Waals surface area contributed by atoms with Crippen molar-refractivity contribution >= 4 is 62.0 Å². The van der Waals surface area contributed by atoms with Crippen LogP contribution in [0.15, 0.2) is 170 Å². The van der Waals surface area contributed by atoms with Gasteiger partial charge in [-0.3, -0.25) is 0 Å². The van der Waals surface area contributed by atoms with Gasteiger partial charge in [0, 0.05) is 11.1 Å². The largest absolute Gasteiger partial charge is 0.309 e. The SMILES string of the molecule is [C-]#[N+]c1ccc2c(c1)c1cc(C#N)ccc1n2-c1cccc(-c2cccc([Si](c3ccccc3)(c3ccccc3)c3ccccc3)c2[N+]#[C-])c1. The first-order valence-electron chi connectivity index (χ1n) is 16.3. The van der Waals surface area contributed by atoms with Crippen LogP contribution in [0.3, 0.4) is 0 Å². The van der Waals surface area contributed by atoms with Crippen molar-refractivity contribution in [1.29, 1.82) is 5.26 Å². The molecule has 7 aromatic carbocycles. The topological polar surface area (TPSA) is 37.4 Å². The lowest BCUT2D eigenvalue weighted by atomic mass is 10.0. The van der Waals surface area contributed by atoms with E-state index in [2.05, 4.69) is 148 Å². The van der Waals surface area contributed by atoms with Crippen molar-refractivity contribution in [1.82, 2.24) is 4.57 Å². The Bertz CT molecular complexity index is 2510. The number of rotatable bonds is 6. The van der Waals surface area contributed by atoms with Gasteiger partial charge < -0.3 is 4.57 Å². The van der Waals surface area contributed by atoms with E-state index in [1.165, 1.54) is 15.6 Å². The summed E-state index contributed by atoms with van der Waals surface area (Å²) in [4.78, 5) is 8.01. The summed E-state index contributed by atoms with van der Waals surface area (Å²) in [6.45, 7) is 16.3. The van der Waals surface area contributed by atoms with E-state index in [0.717, 1.165) is 43.8 Å². The minimum Gasteiger partial charge on any atom is -0.309 e. The minimum atomic E-state index is -2.96. The molecule has 0 saturated carbocycles. The van der Waals surface area contributed by atoms with E-state index < -0.39 is 8.07 Å². The Morgan fingerprint density at radius 2 is 1.12 bits per heavy atom. The highest BCUT2D eigenvalue weighted by atomic mass is 28.3. The Morgan fingerprint density at radius 3 is 1.70 bits per heavy atom. The fourth-order valence-electron chi connectivity index (χ4n) is 7.47.